The molecule has 1 aromatic carbocycles. The third-order valence-corrected chi connectivity index (χ3v) is 4.34. The van der Waals surface area contributed by atoms with Gasteiger partial charge in [0.25, 0.3) is 0 Å². The van der Waals surface area contributed by atoms with Crippen molar-refractivity contribution in [1.29, 1.82) is 0 Å². The highest BCUT2D eigenvalue weighted by molar-refractivity contribution is 5.89. The number of hydrogen-bond donors (Lipinski definition) is 1. The normalized spacial score (nSPS) is 18.4. The molecule has 1 aliphatic rings. The van der Waals surface area contributed by atoms with E-state index in [4.69, 9.17) is 0 Å². The number of nitrogens with one attached hydrogen (secondary N) is 1. The Balaban J connectivity index is 2.10. The number of likely N-dealkylation sites (tertiary alicyclic amines) is 1. The van der Waals surface area contributed by atoms with E-state index in [0.29, 0.717) is 12.1 Å². The molecule has 7 heteroatoms. The minimum atomic E-state index is -0.635. The van der Waals surface area contributed by atoms with Crippen molar-refractivity contribution >= 4 is 17.8 Å². The fourth-order valence-corrected chi connectivity index (χ4v) is 2.89. The molecule has 0 aliphatic carbocycles. The van der Waals surface area contributed by atoms with Crippen LogP contribution in [0.3, 0.4) is 0 Å². The predicted molar refractivity (Wildman–Crippen MR) is 88.9 cm³/mol. The average Bonchev–Trinajstić information content (AvgIpc) is 2.97. The second kappa shape index (κ2) is 8.09. The molecular weight excluding hydrogens is 327 g/mol. The summed E-state index contributed by atoms with van der Waals surface area (Å²) in [6.07, 6.45) is 0.0841. The van der Waals surface area contributed by atoms with E-state index < -0.39 is 23.7 Å². The van der Waals surface area contributed by atoms with Gasteiger partial charge in [-0.15, -0.1) is 0 Å². The smallest absolute Gasteiger partial charge is 0.307 e. The Labute approximate surface area is 146 Å². The number of carbonyl (C=O) groups excluding carboxylic acids is 3. The number of esters is 1. The van der Waals surface area contributed by atoms with Crippen molar-refractivity contribution in [2.24, 2.45) is 5.92 Å². The maximum absolute atomic E-state index is 13.1. The summed E-state index contributed by atoms with van der Waals surface area (Å²) in [7, 11) is 1.27. The van der Waals surface area contributed by atoms with Gasteiger partial charge in [-0.05, 0) is 31.5 Å². The molecule has 0 aromatic heterocycles. The molecule has 136 valence electrons. The van der Waals surface area contributed by atoms with E-state index in [9.17, 15) is 18.8 Å². The zero-order chi connectivity index (χ0) is 18.6. The van der Waals surface area contributed by atoms with E-state index in [-0.39, 0.29) is 30.7 Å². The van der Waals surface area contributed by atoms with Crippen molar-refractivity contribution in [3.63, 3.8) is 0 Å². The molecule has 1 saturated heterocycles. The first-order chi connectivity index (χ1) is 11.8. The molecule has 25 heavy (non-hydrogen) atoms. The van der Waals surface area contributed by atoms with E-state index >= 15 is 0 Å². The van der Waals surface area contributed by atoms with E-state index in [0.717, 1.165) is 0 Å². The Morgan fingerprint density at radius 1 is 1.32 bits per heavy atom. The first kappa shape index (κ1) is 18.9. The molecule has 0 radical (unpaired) electrons. The number of halogens is 1. The maximum atomic E-state index is 13.1. The lowest BCUT2D eigenvalue weighted by molar-refractivity contribution is -0.141. The Morgan fingerprint density at radius 3 is 2.48 bits per heavy atom. The van der Waals surface area contributed by atoms with Crippen LogP contribution in [0.25, 0.3) is 0 Å². The predicted octanol–water partition coefficient (Wildman–Crippen LogP) is 1.80. The first-order valence-corrected chi connectivity index (χ1v) is 8.24. The second-order valence-electron chi connectivity index (χ2n) is 6.43. The van der Waals surface area contributed by atoms with Crippen molar-refractivity contribution in [2.45, 2.75) is 38.8 Å². The summed E-state index contributed by atoms with van der Waals surface area (Å²) in [4.78, 5) is 37.9. The fraction of sp³-hybridized carbons (Fsp3) is 0.500. The Hall–Kier alpha value is -2.44. The lowest BCUT2D eigenvalue weighted by atomic mass is 10.0. The van der Waals surface area contributed by atoms with Gasteiger partial charge in [0.1, 0.15) is 5.82 Å². The highest BCUT2D eigenvalue weighted by Gasteiger charge is 2.36. The summed E-state index contributed by atoms with van der Waals surface area (Å²) in [5.74, 6) is -1.70. The fourth-order valence-electron chi connectivity index (χ4n) is 2.89. The third-order valence-electron chi connectivity index (χ3n) is 4.34. The number of benzene rings is 1. The molecule has 2 amide bonds. The summed E-state index contributed by atoms with van der Waals surface area (Å²) in [6.45, 7) is 4.16. The number of ether oxygens (including phenoxy) is 1. The van der Waals surface area contributed by atoms with Crippen LogP contribution < -0.4 is 5.32 Å². The molecular formula is C18H23FN2O4. The van der Waals surface area contributed by atoms with E-state index in [2.05, 4.69) is 10.1 Å². The maximum Gasteiger partial charge on any atom is 0.307 e. The van der Waals surface area contributed by atoms with Crippen LogP contribution in [0.4, 0.5) is 4.39 Å². The average molecular weight is 350 g/mol. The molecule has 2 atom stereocenters. The van der Waals surface area contributed by atoms with Crippen LogP contribution in [0.1, 0.15) is 38.3 Å². The minimum absolute atomic E-state index is 0.0354. The highest BCUT2D eigenvalue weighted by Crippen LogP contribution is 2.23. The quantitative estimate of drug-likeness (QED) is 0.794. The standard InChI is InChI=1S/C18H23FN2O4/c1-11(2)21-10-13(8-16(21)22)18(24)20-15(9-17(23)25-3)12-4-6-14(19)7-5-12/h4-7,11,13,15H,8-10H2,1-3H3,(H,20,24). The number of hydrogen-bond acceptors (Lipinski definition) is 4. The molecule has 1 fully saturated rings. The van der Waals surface area contributed by atoms with Crippen molar-refractivity contribution in [3.8, 4) is 0 Å². The molecule has 2 rings (SSSR count). The van der Waals surface area contributed by atoms with Gasteiger partial charge >= 0.3 is 5.97 Å². The van der Waals surface area contributed by atoms with E-state index in [1.54, 1.807) is 4.90 Å². The van der Waals surface area contributed by atoms with Gasteiger partial charge in [-0.1, -0.05) is 12.1 Å². The van der Waals surface area contributed by atoms with Crippen LogP contribution >= 0.6 is 0 Å². The van der Waals surface area contributed by atoms with E-state index in [1.165, 1.54) is 31.4 Å². The molecule has 2 unspecified atom stereocenters. The lowest BCUT2D eigenvalue weighted by Gasteiger charge is -2.22. The van der Waals surface area contributed by atoms with Crippen LogP contribution in [-0.2, 0) is 19.1 Å². The van der Waals surface area contributed by atoms with Crippen LogP contribution in [0.5, 0.6) is 0 Å². The van der Waals surface area contributed by atoms with E-state index in [1.807, 2.05) is 13.8 Å². The SMILES string of the molecule is COC(=O)CC(NC(=O)C1CC(=O)N(C(C)C)C1)c1ccc(F)cc1. The van der Waals surface area contributed by atoms with Gasteiger partial charge in [0.05, 0.1) is 25.5 Å². The third kappa shape index (κ3) is 4.78. The van der Waals surface area contributed by atoms with Crippen LogP contribution in [0, 0.1) is 11.7 Å². The molecule has 0 saturated carbocycles. The van der Waals surface area contributed by atoms with Crippen LogP contribution in [0.15, 0.2) is 24.3 Å². The summed E-state index contributed by atoms with van der Waals surface area (Å²) in [5, 5.41) is 2.80. The molecule has 6 nitrogen and oxygen atoms in total. The number of nitrogens with zero attached hydrogens (tertiary/aromatic N) is 1. The summed E-state index contributed by atoms with van der Waals surface area (Å²) < 4.78 is 17.8. The number of amides is 2. The number of methoxy groups -OCH3 is 1. The van der Waals surface area contributed by atoms with Crippen molar-refractivity contribution in [3.05, 3.63) is 35.6 Å². The first-order valence-electron chi connectivity index (χ1n) is 8.24. The van der Waals surface area contributed by atoms with Crippen LogP contribution in [-0.4, -0.2) is 42.4 Å². The highest BCUT2D eigenvalue weighted by atomic mass is 19.1. The van der Waals surface area contributed by atoms with Gasteiger partial charge in [0, 0.05) is 19.0 Å². The lowest BCUT2D eigenvalue weighted by Crippen LogP contribution is -2.37. The zero-order valence-corrected chi connectivity index (χ0v) is 14.6. The van der Waals surface area contributed by atoms with Gasteiger partial charge in [0.2, 0.25) is 11.8 Å². The summed E-state index contributed by atoms with van der Waals surface area (Å²) in [6, 6.07) is 4.97. The molecule has 1 heterocycles. The molecule has 0 spiro atoms. The Morgan fingerprint density at radius 2 is 1.96 bits per heavy atom. The minimum Gasteiger partial charge on any atom is -0.469 e. The monoisotopic (exact) mass is 350 g/mol. The van der Waals surface area contributed by atoms with Gasteiger partial charge in [-0.25, -0.2) is 4.39 Å². The van der Waals surface area contributed by atoms with Gasteiger partial charge in [0.15, 0.2) is 0 Å². The van der Waals surface area contributed by atoms with Crippen LogP contribution in [0.2, 0.25) is 0 Å². The topological polar surface area (TPSA) is 75.7 Å². The van der Waals surface area contributed by atoms with Crippen molar-refractivity contribution in [1.82, 2.24) is 10.2 Å². The van der Waals surface area contributed by atoms with Gasteiger partial charge < -0.3 is 15.0 Å². The molecule has 1 aliphatic heterocycles. The van der Waals surface area contributed by atoms with Crippen molar-refractivity contribution in [2.75, 3.05) is 13.7 Å². The summed E-state index contributed by atoms with van der Waals surface area (Å²) >= 11 is 0. The summed E-state index contributed by atoms with van der Waals surface area (Å²) in [5.41, 5.74) is 0.602. The number of carbonyl (C=O) groups is 3. The Kier molecular flexibility index (Phi) is 6.12. The molecule has 0 bridgehead atoms. The Bertz CT molecular complexity index is 645. The largest absolute Gasteiger partial charge is 0.469 e. The zero-order valence-electron chi connectivity index (χ0n) is 14.6. The van der Waals surface area contributed by atoms with Gasteiger partial charge in [-0.3, -0.25) is 14.4 Å². The second-order valence-corrected chi connectivity index (χ2v) is 6.43. The molecule has 1 N–H and O–H groups in total. The van der Waals surface area contributed by atoms with Crippen molar-refractivity contribution < 1.29 is 23.5 Å². The van der Waals surface area contributed by atoms with Gasteiger partial charge in [-0.2, -0.15) is 0 Å². The number of rotatable bonds is 6. The molecule has 1 aromatic rings.